The van der Waals surface area contributed by atoms with E-state index in [-0.39, 0.29) is 0 Å². The zero-order valence-electron chi connectivity index (χ0n) is 24.7. The number of aromatic nitrogens is 1. The van der Waals surface area contributed by atoms with Crippen molar-refractivity contribution >= 4 is 32.4 Å². The number of ether oxygens (including phenoxy) is 4. The molecule has 41 heavy (non-hydrogen) atoms. The van der Waals surface area contributed by atoms with E-state index in [2.05, 4.69) is 90.6 Å². The smallest absolute Gasteiger partial charge is 0.220 e. The van der Waals surface area contributed by atoms with Crippen LogP contribution in [0, 0.1) is 0 Å². The molecule has 0 spiro atoms. The van der Waals surface area contributed by atoms with Gasteiger partial charge in [-0.3, -0.25) is 0 Å². The molecule has 5 nitrogen and oxygen atoms in total. The van der Waals surface area contributed by atoms with Crippen molar-refractivity contribution in [2.75, 3.05) is 28.4 Å². The monoisotopic (exact) mass is 546 g/mol. The fraction of sp³-hybridized carbons (Fsp3) is 0.194. The van der Waals surface area contributed by atoms with E-state index in [9.17, 15) is 0 Å². The molecule has 1 aromatic heterocycles. The molecule has 5 aromatic carbocycles. The summed E-state index contributed by atoms with van der Waals surface area (Å²) in [6.45, 7) is 4.00. The summed E-state index contributed by atoms with van der Waals surface area (Å²) in [4.78, 5) is 0. The van der Waals surface area contributed by atoms with E-state index in [0.29, 0.717) is 23.0 Å². The minimum atomic E-state index is 0.693. The number of hydrogen-bond donors (Lipinski definition) is 0. The molecule has 1 heterocycles. The lowest BCUT2D eigenvalue weighted by Crippen LogP contribution is -2.28. The fourth-order valence-corrected chi connectivity index (χ4v) is 5.61. The molecule has 0 amide bonds. The number of aryl methyl sites for hydroxylation is 1. The van der Waals surface area contributed by atoms with Crippen molar-refractivity contribution in [3.8, 4) is 45.3 Å². The molecule has 0 aliphatic carbocycles. The van der Waals surface area contributed by atoms with Gasteiger partial charge >= 0.3 is 0 Å². The maximum absolute atomic E-state index is 5.90. The molecule has 0 saturated heterocycles. The topological polar surface area (TPSA) is 40.8 Å². The Hall–Kier alpha value is -4.77. The first-order valence-corrected chi connectivity index (χ1v) is 13.8. The Morgan fingerprint density at radius 3 is 1.78 bits per heavy atom. The Kier molecular flexibility index (Phi) is 7.97. The van der Waals surface area contributed by atoms with Crippen molar-refractivity contribution in [1.29, 1.82) is 0 Å². The van der Waals surface area contributed by atoms with Gasteiger partial charge in [0, 0.05) is 5.39 Å². The molecule has 0 fully saturated rings. The van der Waals surface area contributed by atoms with E-state index in [1.165, 1.54) is 11.1 Å². The highest BCUT2D eigenvalue weighted by Gasteiger charge is 2.24. The molecule has 6 aromatic rings. The van der Waals surface area contributed by atoms with Gasteiger partial charge < -0.3 is 18.9 Å². The van der Waals surface area contributed by atoms with E-state index < -0.39 is 0 Å². The van der Waals surface area contributed by atoms with Crippen LogP contribution in [0.5, 0.6) is 23.0 Å². The molecule has 0 saturated carbocycles. The molecule has 0 radical (unpaired) electrons. The molecule has 0 aliphatic heterocycles. The van der Waals surface area contributed by atoms with Gasteiger partial charge in [-0.1, -0.05) is 74.5 Å². The second-order valence-electron chi connectivity index (χ2n) is 9.52. The molecule has 208 valence electrons. The zero-order valence-corrected chi connectivity index (χ0v) is 24.7. The predicted octanol–water partition coefficient (Wildman–Crippen LogP) is 8.37. The minimum Gasteiger partial charge on any atom is -0.493 e. The van der Waals surface area contributed by atoms with Crippen LogP contribution in [0.2, 0.25) is 0 Å². The summed E-state index contributed by atoms with van der Waals surface area (Å²) in [5.41, 5.74) is 5.63. The fourth-order valence-electron chi connectivity index (χ4n) is 5.61. The van der Waals surface area contributed by atoms with Gasteiger partial charge in [0.1, 0.15) is 7.05 Å². The molecule has 0 atom stereocenters. The normalized spacial score (nSPS) is 10.8. The highest BCUT2D eigenvalue weighted by Crippen LogP contribution is 2.45. The summed E-state index contributed by atoms with van der Waals surface area (Å²) < 4.78 is 25.1. The summed E-state index contributed by atoms with van der Waals surface area (Å²) in [6, 6.07) is 29.6. The first-order valence-electron chi connectivity index (χ1n) is 13.8. The first-order chi connectivity index (χ1) is 20.1. The van der Waals surface area contributed by atoms with Crippen molar-refractivity contribution in [2.45, 2.75) is 13.8 Å². The average Bonchev–Trinajstić information content (AvgIpc) is 3.04. The Bertz CT molecular complexity index is 1850. The zero-order chi connectivity index (χ0) is 29.1. The third-order valence-corrected chi connectivity index (χ3v) is 7.45. The molecule has 5 heteroatoms. The summed E-state index contributed by atoms with van der Waals surface area (Å²) in [7, 11) is 8.75. The van der Waals surface area contributed by atoms with E-state index in [1.807, 2.05) is 26.0 Å². The standard InChI is InChI=1S/C34H30NO4.C2H6/c1-35-20-28-32(25-16-15-24-17-29(36-2)30(37-3)19-27(24)33(25)35)26(18-31(38-4)34(28)39-5)23-13-11-22(12-14-23)21-9-7-6-8-10-21;1-2/h6-20H,1-5H3;1-2H3/q+1;. The van der Waals surface area contributed by atoms with Crippen LogP contribution >= 0.6 is 0 Å². The van der Waals surface area contributed by atoms with Crippen molar-refractivity contribution in [2.24, 2.45) is 7.05 Å². The molecule has 0 aliphatic rings. The second-order valence-corrected chi connectivity index (χ2v) is 9.52. The van der Waals surface area contributed by atoms with Crippen LogP contribution in [-0.2, 0) is 7.05 Å². The van der Waals surface area contributed by atoms with Gasteiger partial charge in [-0.15, -0.1) is 0 Å². The number of rotatable bonds is 6. The van der Waals surface area contributed by atoms with Crippen LogP contribution in [0.4, 0.5) is 0 Å². The van der Waals surface area contributed by atoms with E-state index in [1.54, 1.807) is 28.4 Å². The van der Waals surface area contributed by atoms with Gasteiger partial charge in [-0.25, -0.2) is 0 Å². The summed E-state index contributed by atoms with van der Waals surface area (Å²) >= 11 is 0. The van der Waals surface area contributed by atoms with Gasteiger partial charge in [0.25, 0.3) is 0 Å². The van der Waals surface area contributed by atoms with Crippen LogP contribution in [0.1, 0.15) is 13.8 Å². The quantitative estimate of drug-likeness (QED) is 0.155. The van der Waals surface area contributed by atoms with Gasteiger partial charge in [0.05, 0.1) is 44.6 Å². The van der Waals surface area contributed by atoms with Crippen molar-refractivity contribution in [3.05, 3.63) is 91.1 Å². The summed E-state index contributed by atoms with van der Waals surface area (Å²) in [6.07, 6.45) is 2.12. The van der Waals surface area contributed by atoms with Gasteiger partial charge in [0.2, 0.25) is 5.52 Å². The maximum atomic E-state index is 5.90. The van der Waals surface area contributed by atoms with Crippen molar-refractivity contribution in [3.63, 3.8) is 0 Å². The van der Waals surface area contributed by atoms with E-state index in [0.717, 1.165) is 43.6 Å². The number of fused-ring (bicyclic) bond motifs is 5. The number of pyridine rings is 1. The SMILES string of the molecule is CC.COc1cc2ccc3c4c(-c5ccc(-c6ccccc6)cc5)cc(OC)c(OC)c4c[n+](C)c3c2cc1OC. The Morgan fingerprint density at radius 2 is 1.15 bits per heavy atom. The third kappa shape index (κ3) is 4.78. The molecular weight excluding hydrogens is 510 g/mol. The number of nitrogens with zero attached hydrogens (tertiary/aromatic N) is 1. The molecule has 6 rings (SSSR count). The Labute approximate surface area is 241 Å². The van der Waals surface area contributed by atoms with Crippen molar-refractivity contribution < 1.29 is 23.5 Å². The lowest BCUT2D eigenvalue weighted by Gasteiger charge is -2.17. The second kappa shape index (κ2) is 11.8. The summed E-state index contributed by atoms with van der Waals surface area (Å²) in [5.74, 6) is 2.81. The summed E-state index contributed by atoms with van der Waals surface area (Å²) in [5, 5.41) is 5.34. The minimum absolute atomic E-state index is 0.693. The molecule has 0 bridgehead atoms. The Morgan fingerprint density at radius 1 is 0.537 bits per heavy atom. The number of methoxy groups -OCH3 is 4. The predicted molar refractivity (Wildman–Crippen MR) is 169 cm³/mol. The highest BCUT2D eigenvalue weighted by molar-refractivity contribution is 6.19. The largest absolute Gasteiger partial charge is 0.493 e. The third-order valence-electron chi connectivity index (χ3n) is 7.45. The lowest BCUT2D eigenvalue weighted by molar-refractivity contribution is -0.642. The lowest BCUT2D eigenvalue weighted by atomic mass is 9.92. The number of hydrogen-bond acceptors (Lipinski definition) is 4. The maximum Gasteiger partial charge on any atom is 0.220 e. The van der Waals surface area contributed by atoms with Crippen LogP contribution in [0.25, 0.3) is 54.7 Å². The molecule has 0 N–H and O–H groups in total. The van der Waals surface area contributed by atoms with Crippen molar-refractivity contribution in [1.82, 2.24) is 0 Å². The molecule has 0 unspecified atom stereocenters. The van der Waals surface area contributed by atoms with E-state index >= 15 is 0 Å². The van der Waals surface area contributed by atoms with E-state index in [4.69, 9.17) is 18.9 Å². The van der Waals surface area contributed by atoms with Crippen LogP contribution < -0.4 is 23.5 Å². The first kappa shape index (κ1) is 27.8. The average molecular weight is 547 g/mol. The van der Waals surface area contributed by atoms with Crippen LogP contribution in [0.3, 0.4) is 0 Å². The highest BCUT2D eigenvalue weighted by atomic mass is 16.5. The van der Waals surface area contributed by atoms with Crippen LogP contribution in [0.15, 0.2) is 91.1 Å². The molecular formula is C36H36NO4+. The van der Waals surface area contributed by atoms with Gasteiger partial charge in [-0.05, 0) is 51.9 Å². The van der Waals surface area contributed by atoms with Gasteiger partial charge in [-0.2, -0.15) is 4.57 Å². The number of benzene rings is 5. The van der Waals surface area contributed by atoms with Crippen LogP contribution in [-0.4, -0.2) is 28.4 Å². The Balaban J connectivity index is 0.00000165. The van der Waals surface area contributed by atoms with Gasteiger partial charge in [0.15, 0.2) is 29.2 Å².